The number of anilines is 1. The van der Waals surface area contributed by atoms with Crippen LogP contribution < -0.4 is 20.1 Å². The number of thiocarbonyl (C=S) groups is 1. The fourth-order valence-electron chi connectivity index (χ4n) is 2.14. The Morgan fingerprint density at radius 1 is 1.28 bits per heavy atom. The van der Waals surface area contributed by atoms with Crippen LogP contribution in [0.25, 0.3) is 11.3 Å². The third-order valence-electron chi connectivity index (χ3n) is 3.25. The minimum absolute atomic E-state index is 0.107. The molecule has 0 bridgehead atoms. The zero-order valence-electron chi connectivity index (χ0n) is 14.6. The van der Waals surface area contributed by atoms with Gasteiger partial charge in [0.05, 0.1) is 19.9 Å². The lowest BCUT2D eigenvalue weighted by atomic mass is 10.1. The van der Waals surface area contributed by atoms with E-state index in [1.165, 1.54) is 11.3 Å². The Hall–Kier alpha value is -2.19. The lowest BCUT2D eigenvalue weighted by Crippen LogP contribution is -2.34. The number of carbonyl (C=O) groups is 1. The molecule has 0 aliphatic heterocycles. The van der Waals surface area contributed by atoms with Crippen LogP contribution in [0, 0.1) is 5.92 Å². The van der Waals surface area contributed by atoms with Crippen LogP contribution in [0.15, 0.2) is 23.6 Å². The SMILES string of the molecule is COc1ccc(-c2csc(NC(=S)NC(=O)CC(C)C)n2)cc1OC. The Kier molecular flexibility index (Phi) is 6.72. The van der Waals surface area contributed by atoms with Gasteiger partial charge in [-0.05, 0) is 36.3 Å². The standard InChI is InChI=1S/C17H21N3O3S2/c1-10(2)7-15(21)19-16(24)20-17-18-12(9-25-17)11-5-6-13(22-3)14(8-11)23-4/h5-6,8-10H,7H2,1-4H3,(H2,18,19,20,21,24). The van der Waals surface area contributed by atoms with Gasteiger partial charge in [0.1, 0.15) is 0 Å². The quantitative estimate of drug-likeness (QED) is 0.746. The fourth-order valence-corrected chi connectivity index (χ4v) is 3.14. The van der Waals surface area contributed by atoms with E-state index in [2.05, 4.69) is 15.6 Å². The summed E-state index contributed by atoms with van der Waals surface area (Å²) in [5.41, 5.74) is 1.68. The third-order valence-corrected chi connectivity index (χ3v) is 4.21. The number of ether oxygens (including phenoxy) is 2. The van der Waals surface area contributed by atoms with E-state index in [1.54, 1.807) is 14.2 Å². The number of nitrogens with zero attached hydrogens (tertiary/aromatic N) is 1. The zero-order valence-corrected chi connectivity index (χ0v) is 16.2. The summed E-state index contributed by atoms with van der Waals surface area (Å²) >= 11 is 6.55. The van der Waals surface area contributed by atoms with E-state index in [-0.39, 0.29) is 16.9 Å². The first-order valence-electron chi connectivity index (χ1n) is 7.71. The van der Waals surface area contributed by atoms with Crippen LogP contribution in [-0.2, 0) is 4.79 Å². The predicted molar refractivity (Wildman–Crippen MR) is 104 cm³/mol. The molecule has 1 amide bonds. The molecule has 0 aliphatic carbocycles. The molecule has 2 rings (SSSR count). The molecule has 0 radical (unpaired) electrons. The van der Waals surface area contributed by atoms with Crippen LogP contribution in [0.1, 0.15) is 20.3 Å². The smallest absolute Gasteiger partial charge is 0.226 e. The predicted octanol–water partition coefficient (Wildman–Crippen LogP) is 3.69. The Morgan fingerprint density at radius 3 is 2.64 bits per heavy atom. The van der Waals surface area contributed by atoms with Crippen molar-refractivity contribution in [3.8, 4) is 22.8 Å². The van der Waals surface area contributed by atoms with Crippen LogP contribution in [-0.4, -0.2) is 30.2 Å². The molecule has 2 N–H and O–H groups in total. The molecule has 0 unspecified atom stereocenters. The van der Waals surface area contributed by atoms with Crippen LogP contribution in [0.2, 0.25) is 0 Å². The molecule has 25 heavy (non-hydrogen) atoms. The summed E-state index contributed by atoms with van der Waals surface area (Å²) in [6, 6.07) is 5.60. The van der Waals surface area contributed by atoms with Crippen molar-refractivity contribution in [3.63, 3.8) is 0 Å². The Balaban J connectivity index is 2.05. The molecule has 0 saturated carbocycles. The molecule has 6 nitrogen and oxygen atoms in total. The average Bonchev–Trinajstić information content (AvgIpc) is 3.01. The monoisotopic (exact) mass is 379 g/mol. The zero-order chi connectivity index (χ0) is 18.4. The molecular formula is C17H21N3O3S2. The highest BCUT2D eigenvalue weighted by atomic mass is 32.1. The average molecular weight is 380 g/mol. The van der Waals surface area contributed by atoms with Gasteiger partial charge in [-0.15, -0.1) is 11.3 Å². The number of hydrogen-bond acceptors (Lipinski definition) is 6. The maximum atomic E-state index is 11.7. The normalized spacial score (nSPS) is 10.4. The van der Waals surface area contributed by atoms with E-state index in [0.29, 0.717) is 23.1 Å². The lowest BCUT2D eigenvalue weighted by molar-refractivity contribution is -0.120. The number of hydrogen-bond donors (Lipinski definition) is 2. The van der Waals surface area contributed by atoms with Crippen molar-refractivity contribution >= 4 is 39.7 Å². The molecule has 134 valence electrons. The van der Waals surface area contributed by atoms with Crippen molar-refractivity contribution in [2.75, 3.05) is 19.5 Å². The number of benzene rings is 1. The van der Waals surface area contributed by atoms with Crippen molar-refractivity contribution in [1.82, 2.24) is 10.3 Å². The lowest BCUT2D eigenvalue weighted by Gasteiger charge is -2.09. The first kappa shape index (κ1) is 19.1. The van der Waals surface area contributed by atoms with Gasteiger partial charge < -0.3 is 20.1 Å². The number of aromatic nitrogens is 1. The summed E-state index contributed by atoms with van der Waals surface area (Å²) in [4.78, 5) is 16.2. The molecule has 0 spiro atoms. The van der Waals surface area contributed by atoms with Crippen molar-refractivity contribution in [3.05, 3.63) is 23.6 Å². The Morgan fingerprint density at radius 2 is 2.00 bits per heavy atom. The summed E-state index contributed by atoms with van der Waals surface area (Å²) in [6.45, 7) is 3.96. The van der Waals surface area contributed by atoms with Crippen molar-refractivity contribution in [2.45, 2.75) is 20.3 Å². The number of methoxy groups -OCH3 is 2. The highest BCUT2D eigenvalue weighted by molar-refractivity contribution is 7.80. The highest BCUT2D eigenvalue weighted by Crippen LogP contribution is 2.33. The molecular weight excluding hydrogens is 358 g/mol. The van der Waals surface area contributed by atoms with E-state index in [1.807, 2.05) is 37.4 Å². The number of amides is 1. The Bertz CT molecular complexity index is 759. The molecule has 0 atom stereocenters. The van der Waals surface area contributed by atoms with Gasteiger partial charge in [0.15, 0.2) is 21.7 Å². The van der Waals surface area contributed by atoms with Crippen molar-refractivity contribution < 1.29 is 14.3 Å². The van der Waals surface area contributed by atoms with Gasteiger partial charge in [0.2, 0.25) is 5.91 Å². The van der Waals surface area contributed by atoms with Gasteiger partial charge >= 0.3 is 0 Å². The van der Waals surface area contributed by atoms with Gasteiger partial charge in [0, 0.05) is 17.4 Å². The summed E-state index contributed by atoms with van der Waals surface area (Å²) in [6.07, 6.45) is 0.427. The molecule has 0 fully saturated rings. The largest absolute Gasteiger partial charge is 0.493 e. The molecule has 2 aromatic rings. The molecule has 1 aromatic heterocycles. The third kappa shape index (κ3) is 5.40. The molecule has 1 heterocycles. The second kappa shape index (κ2) is 8.77. The maximum absolute atomic E-state index is 11.7. The summed E-state index contributed by atoms with van der Waals surface area (Å²) < 4.78 is 10.5. The van der Waals surface area contributed by atoms with E-state index in [4.69, 9.17) is 21.7 Å². The molecule has 0 aliphatic rings. The van der Waals surface area contributed by atoms with Gasteiger partial charge in [-0.2, -0.15) is 0 Å². The van der Waals surface area contributed by atoms with Crippen molar-refractivity contribution in [1.29, 1.82) is 0 Å². The second-order valence-corrected chi connectivity index (χ2v) is 6.97. The van der Waals surface area contributed by atoms with E-state index < -0.39 is 0 Å². The number of thiazole rings is 1. The van der Waals surface area contributed by atoms with Crippen molar-refractivity contribution in [2.24, 2.45) is 5.92 Å². The highest BCUT2D eigenvalue weighted by Gasteiger charge is 2.11. The topological polar surface area (TPSA) is 72.5 Å². The van der Waals surface area contributed by atoms with Gasteiger partial charge in [-0.3, -0.25) is 4.79 Å². The summed E-state index contributed by atoms with van der Waals surface area (Å²) in [5, 5.41) is 8.36. The summed E-state index contributed by atoms with van der Waals surface area (Å²) in [7, 11) is 3.19. The van der Waals surface area contributed by atoms with Crippen LogP contribution in [0.4, 0.5) is 5.13 Å². The number of carbonyl (C=O) groups excluding carboxylic acids is 1. The maximum Gasteiger partial charge on any atom is 0.226 e. The Labute approximate surface area is 156 Å². The van der Waals surface area contributed by atoms with Crippen LogP contribution in [0.3, 0.4) is 0 Å². The molecule has 8 heteroatoms. The van der Waals surface area contributed by atoms with Gasteiger partial charge in [0.25, 0.3) is 0 Å². The van der Waals surface area contributed by atoms with E-state index in [0.717, 1.165) is 11.3 Å². The van der Waals surface area contributed by atoms with E-state index in [9.17, 15) is 4.79 Å². The van der Waals surface area contributed by atoms with Gasteiger partial charge in [-0.25, -0.2) is 4.98 Å². The van der Waals surface area contributed by atoms with Crippen LogP contribution >= 0.6 is 23.6 Å². The second-order valence-electron chi connectivity index (χ2n) is 5.71. The summed E-state index contributed by atoms with van der Waals surface area (Å²) in [5.74, 6) is 1.47. The molecule has 0 saturated heterocycles. The minimum atomic E-state index is -0.107. The number of rotatable bonds is 6. The van der Waals surface area contributed by atoms with Gasteiger partial charge in [-0.1, -0.05) is 13.8 Å². The number of nitrogens with one attached hydrogen (secondary N) is 2. The first-order valence-corrected chi connectivity index (χ1v) is 9.00. The van der Waals surface area contributed by atoms with E-state index >= 15 is 0 Å². The van der Waals surface area contributed by atoms with Crippen LogP contribution in [0.5, 0.6) is 11.5 Å². The molecule has 1 aromatic carbocycles. The first-order chi connectivity index (χ1) is 11.9. The minimum Gasteiger partial charge on any atom is -0.493 e. The fraction of sp³-hybridized carbons (Fsp3) is 0.353.